The van der Waals surface area contributed by atoms with Crippen LogP contribution >= 0.6 is 11.6 Å². The van der Waals surface area contributed by atoms with E-state index >= 15 is 0 Å². The van der Waals surface area contributed by atoms with Crippen molar-refractivity contribution in [3.63, 3.8) is 0 Å². The van der Waals surface area contributed by atoms with E-state index in [1.165, 1.54) is 6.20 Å². The Kier molecular flexibility index (Phi) is 2.57. The van der Waals surface area contributed by atoms with Gasteiger partial charge in [0, 0.05) is 23.0 Å². The molecular formula is C12H10ClN3O2. The van der Waals surface area contributed by atoms with Gasteiger partial charge in [0.15, 0.2) is 0 Å². The molecule has 5 nitrogen and oxygen atoms in total. The molecule has 3 rings (SSSR count). The van der Waals surface area contributed by atoms with Gasteiger partial charge in [-0.25, -0.2) is 4.98 Å². The highest BCUT2D eigenvalue weighted by atomic mass is 35.5. The van der Waals surface area contributed by atoms with Gasteiger partial charge in [-0.1, -0.05) is 11.6 Å². The first kappa shape index (κ1) is 11.3. The van der Waals surface area contributed by atoms with Crippen molar-refractivity contribution in [3.8, 4) is 11.5 Å². The minimum Gasteiger partial charge on any atom is -0.439 e. The zero-order valence-corrected chi connectivity index (χ0v) is 10.3. The highest BCUT2D eigenvalue weighted by Crippen LogP contribution is 2.31. The predicted molar refractivity (Wildman–Crippen MR) is 67.1 cm³/mol. The molecule has 1 N–H and O–H groups in total. The van der Waals surface area contributed by atoms with Crippen LogP contribution in [0.15, 0.2) is 28.9 Å². The fraction of sp³-hybridized carbons (Fsp3) is 0.167. The molecule has 0 atom stereocenters. The second-order valence-corrected chi connectivity index (χ2v) is 4.38. The highest BCUT2D eigenvalue weighted by molar-refractivity contribution is 6.31. The van der Waals surface area contributed by atoms with Crippen molar-refractivity contribution < 1.29 is 9.52 Å². The molecule has 92 valence electrons. The molecule has 1 aromatic carbocycles. The lowest BCUT2D eigenvalue weighted by Crippen LogP contribution is -1.89. The lowest BCUT2D eigenvalue weighted by Gasteiger charge is -2.01. The second-order valence-electron chi connectivity index (χ2n) is 3.94. The van der Waals surface area contributed by atoms with Crippen LogP contribution in [0.2, 0.25) is 5.02 Å². The van der Waals surface area contributed by atoms with Crippen LogP contribution in [-0.2, 0) is 13.7 Å². The Labute approximate surface area is 108 Å². The average Bonchev–Trinajstić information content (AvgIpc) is 2.96. The van der Waals surface area contributed by atoms with Gasteiger partial charge in [-0.2, -0.15) is 5.10 Å². The van der Waals surface area contributed by atoms with Crippen LogP contribution < -0.4 is 0 Å². The number of fused-ring (bicyclic) bond motifs is 1. The molecule has 0 saturated heterocycles. The second kappa shape index (κ2) is 4.12. The maximum atomic E-state index is 8.99. The standard InChI is InChI=1S/C12H10ClN3O2/c1-16-11-3-7(13)2-9(10(11)5-15-16)12-14-4-8(6-17)18-12/h2-5,17H,6H2,1H3. The zero-order chi connectivity index (χ0) is 12.7. The molecule has 0 radical (unpaired) electrons. The summed E-state index contributed by atoms with van der Waals surface area (Å²) in [6, 6.07) is 3.61. The summed E-state index contributed by atoms with van der Waals surface area (Å²) in [6.45, 7) is -0.177. The monoisotopic (exact) mass is 263 g/mol. The first-order valence-corrected chi connectivity index (χ1v) is 5.74. The molecule has 6 heteroatoms. The molecule has 0 aliphatic heterocycles. The molecule has 0 saturated carbocycles. The molecule has 0 aliphatic rings. The van der Waals surface area contributed by atoms with Crippen molar-refractivity contribution in [3.05, 3.63) is 35.3 Å². The van der Waals surface area contributed by atoms with Gasteiger partial charge < -0.3 is 9.52 Å². The number of rotatable bonds is 2. The Morgan fingerprint density at radius 1 is 1.39 bits per heavy atom. The van der Waals surface area contributed by atoms with Gasteiger partial charge in [-0.05, 0) is 12.1 Å². The van der Waals surface area contributed by atoms with Crippen LogP contribution in [0.1, 0.15) is 5.76 Å². The van der Waals surface area contributed by atoms with E-state index in [1.54, 1.807) is 16.9 Å². The number of halogens is 1. The number of aliphatic hydroxyl groups is 1. The van der Waals surface area contributed by atoms with Crippen molar-refractivity contribution in [2.75, 3.05) is 0 Å². The summed E-state index contributed by atoms with van der Waals surface area (Å²) in [6.07, 6.45) is 3.24. The molecule has 0 amide bonds. The fourth-order valence-electron chi connectivity index (χ4n) is 1.90. The van der Waals surface area contributed by atoms with E-state index in [1.807, 2.05) is 13.1 Å². The lowest BCUT2D eigenvalue weighted by atomic mass is 10.1. The van der Waals surface area contributed by atoms with Gasteiger partial charge in [0.25, 0.3) is 0 Å². The van der Waals surface area contributed by atoms with Gasteiger partial charge in [0.1, 0.15) is 12.4 Å². The minimum atomic E-state index is -0.177. The third kappa shape index (κ3) is 1.68. The van der Waals surface area contributed by atoms with E-state index in [0.717, 1.165) is 16.5 Å². The normalized spacial score (nSPS) is 11.3. The van der Waals surface area contributed by atoms with E-state index in [-0.39, 0.29) is 6.61 Å². The molecule has 18 heavy (non-hydrogen) atoms. The number of aryl methyl sites for hydroxylation is 1. The summed E-state index contributed by atoms with van der Waals surface area (Å²) in [7, 11) is 1.84. The van der Waals surface area contributed by atoms with Crippen molar-refractivity contribution in [2.24, 2.45) is 7.05 Å². The van der Waals surface area contributed by atoms with Crippen molar-refractivity contribution in [2.45, 2.75) is 6.61 Å². The molecule has 0 bridgehead atoms. The Bertz CT molecular complexity index is 717. The average molecular weight is 264 g/mol. The fourth-order valence-corrected chi connectivity index (χ4v) is 2.11. The summed E-state index contributed by atoms with van der Waals surface area (Å²) in [4.78, 5) is 4.14. The van der Waals surface area contributed by atoms with E-state index < -0.39 is 0 Å². The number of hydrogen-bond acceptors (Lipinski definition) is 4. The molecule has 3 aromatic rings. The number of nitrogens with zero attached hydrogens (tertiary/aromatic N) is 3. The number of aromatic nitrogens is 3. The van der Waals surface area contributed by atoms with Crippen LogP contribution in [0.4, 0.5) is 0 Å². The zero-order valence-electron chi connectivity index (χ0n) is 9.59. The van der Waals surface area contributed by atoms with Gasteiger partial charge in [0.05, 0.1) is 17.9 Å². The number of hydrogen-bond donors (Lipinski definition) is 1. The minimum absolute atomic E-state index is 0.177. The molecule has 0 unspecified atom stereocenters. The summed E-state index contributed by atoms with van der Waals surface area (Å²) in [5, 5.41) is 14.7. The Morgan fingerprint density at radius 3 is 2.94 bits per heavy atom. The SMILES string of the molecule is Cn1ncc2c(-c3ncc(CO)o3)cc(Cl)cc21. The van der Waals surface area contributed by atoms with Crippen molar-refractivity contribution >= 4 is 22.5 Å². The molecule has 0 spiro atoms. The predicted octanol–water partition coefficient (Wildman–Crippen LogP) is 2.37. The van der Waals surface area contributed by atoms with Gasteiger partial charge in [-0.3, -0.25) is 4.68 Å². The quantitative estimate of drug-likeness (QED) is 0.771. The van der Waals surface area contributed by atoms with E-state index in [9.17, 15) is 0 Å². The van der Waals surface area contributed by atoms with E-state index in [2.05, 4.69) is 10.1 Å². The first-order valence-electron chi connectivity index (χ1n) is 5.36. The Hall–Kier alpha value is -1.85. The molecule has 2 aromatic heterocycles. The Morgan fingerprint density at radius 2 is 2.22 bits per heavy atom. The topological polar surface area (TPSA) is 64.1 Å². The lowest BCUT2D eigenvalue weighted by molar-refractivity contribution is 0.248. The van der Waals surface area contributed by atoms with E-state index in [4.69, 9.17) is 21.1 Å². The summed E-state index contributed by atoms with van der Waals surface area (Å²) in [5.41, 5.74) is 1.67. The van der Waals surface area contributed by atoms with Gasteiger partial charge >= 0.3 is 0 Å². The molecule has 0 aliphatic carbocycles. The van der Waals surface area contributed by atoms with Crippen LogP contribution in [0.5, 0.6) is 0 Å². The van der Waals surface area contributed by atoms with E-state index in [0.29, 0.717) is 16.7 Å². The van der Waals surface area contributed by atoms with Crippen molar-refractivity contribution in [1.82, 2.24) is 14.8 Å². The third-order valence-corrected chi connectivity index (χ3v) is 2.99. The summed E-state index contributed by atoms with van der Waals surface area (Å²) >= 11 is 6.08. The largest absolute Gasteiger partial charge is 0.439 e. The third-order valence-electron chi connectivity index (χ3n) is 2.77. The highest BCUT2D eigenvalue weighted by Gasteiger charge is 2.13. The van der Waals surface area contributed by atoms with Crippen LogP contribution in [0, 0.1) is 0 Å². The van der Waals surface area contributed by atoms with Gasteiger partial charge in [-0.15, -0.1) is 0 Å². The van der Waals surface area contributed by atoms with Crippen LogP contribution in [-0.4, -0.2) is 19.9 Å². The molecular weight excluding hydrogens is 254 g/mol. The maximum Gasteiger partial charge on any atom is 0.227 e. The number of aliphatic hydroxyl groups excluding tert-OH is 1. The number of benzene rings is 1. The summed E-state index contributed by atoms with van der Waals surface area (Å²) in [5.74, 6) is 0.849. The smallest absolute Gasteiger partial charge is 0.227 e. The Balaban J connectivity index is 2.27. The van der Waals surface area contributed by atoms with Crippen molar-refractivity contribution in [1.29, 1.82) is 0 Å². The van der Waals surface area contributed by atoms with Crippen LogP contribution in [0.3, 0.4) is 0 Å². The van der Waals surface area contributed by atoms with Crippen LogP contribution in [0.25, 0.3) is 22.4 Å². The first-order chi connectivity index (χ1) is 8.69. The number of oxazole rings is 1. The summed E-state index contributed by atoms with van der Waals surface area (Å²) < 4.78 is 7.17. The maximum absolute atomic E-state index is 8.99. The molecule has 2 heterocycles. The van der Waals surface area contributed by atoms with Gasteiger partial charge in [0.2, 0.25) is 5.89 Å². The molecule has 0 fully saturated rings.